The highest BCUT2D eigenvalue weighted by Crippen LogP contribution is 2.25. The predicted octanol–water partition coefficient (Wildman–Crippen LogP) is 7.71. The van der Waals surface area contributed by atoms with Crippen LogP contribution in [0, 0.1) is 11.7 Å². The van der Waals surface area contributed by atoms with E-state index in [9.17, 15) is 26.7 Å². The van der Waals surface area contributed by atoms with Crippen molar-refractivity contribution in [2.45, 2.75) is 84.4 Å². The van der Waals surface area contributed by atoms with E-state index in [-0.39, 0.29) is 11.4 Å². The lowest BCUT2D eigenvalue weighted by Crippen LogP contribution is -2.50. The average molecular weight is 529 g/mol. The van der Waals surface area contributed by atoms with Gasteiger partial charge in [-0.05, 0) is 56.6 Å². The summed E-state index contributed by atoms with van der Waals surface area (Å²) in [5.74, 6) is -0.164. The predicted molar refractivity (Wildman–Crippen MR) is 134 cm³/mol. The third-order valence-electron chi connectivity index (χ3n) is 6.05. The van der Waals surface area contributed by atoms with Gasteiger partial charge in [0.15, 0.2) is 0 Å². The minimum Gasteiger partial charge on any atom is -0.330 e. The summed E-state index contributed by atoms with van der Waals surface area (Å²) in [7, 11) is 2.39. The van der Waals surface area contributed by atoms with Crippen molar-refractivity contribution in [3.05, 3.63) is 34.6 Å². The molecular formula is C26H42ClF5N2O. The Balaban J connectivity index is 0.000000878. The third-order valence-corrected chi connectivity index (χ3v) is 6.40. The summed E-state index contributed by atoms with van der Waals surface area (Å²) >= 11 is 5.88. The lowest BCUT2D eigenvalue weighted by atomic mass is 9.91. The van der Waals surface area contributed by atoms with Crippen LogP contribution in [0.25, 0.3) is 0 Å². The first-order valence-electron chi connectivity index (χ1n) is 12.4. The van der Waals surface area contributed by atoms with E-state index in [1.165, 1.54) is 38.2 Å². The number of halogens is 6. The van der Waals surface area contributed by atoms with Gasteiger partial charge >= 0.3 is 6.18 Å². The number of piperidine rings is 1. The van der Waals surface area contributed by atoms with Gasteiger partial charge in [-0.3, -0.25) is 9.18 Å². The van der Waals surface area contributed by atoms with Crippen LogP contribution in [0.4, 0.5) is 22.0 Å². The lowest BCUT2D eigenvalue weighted by molar-refractivity contribution is -0.167. The fourth-order valence-corrected chi connectivity index (χ4v) is 4.39. The van der Waals surface area contributed by atoms with E-state index in [0.29, 0.717) is 38.7 Å². The van der Waals surface area contributed by atoms with Crippen molar-refractivity contribution in [3.63, 3.8) is 0 Å². The van der Waals surface area contributed by atoms with Gasteiger partial charge in [0.2, 0.25) is 5.91 Å². The van der Waals surface area contributed by atoms with Crippen LogP contribution in [0.5, 0.6) is 0 Å². The van der Waals surface area contributed by atoms with E-state index in [0.717, 1.165) is 23.0 Å². The molecule has 9 heteroatoms. The Labute approximate surface area is 213 Å². The first-order chi connectivity index (χ1) is 16.5. The molecule has 1 heterocycles. The molecule has 0 atom stereocenters. The lowest BCUT2D eigenvalue weighted by Gasteiger charge is -2.37. The second kappa shape index (κ2) is 17.9. The fourth-order valence-electron chi connectivity index (χ4n) is 4.16. The van der Waals surface area contributed by atoms with E-state index in [1.807, 2.05) is 25.8 Å². The summed E-state index contributed by atoms with van der Waals surface area (Å²) < 4.78 is 61.2. The summed E-state index contributed by atoms with van der Waals surface area (Å²) in [6.45, 7) is 6.37. The molecule has 1 aliphatic carbocycles. The van der Waals surface area contributed by atoms with Crippen LogP contribution in [0.15, 0.2) is 18.2 Å². The number of nitrogens with zero attached hydrogens (tertiary/aromatic N) is 2. The Hall–Kier alpha value is -1.41. The van der Waals surface area contributed by atoms with Crippen LogP contribution in [-0.4, -0.2) is 61.8 Å². The van der Waals surface area contributed by atoms with Crippen LogP contribution < -0.4 is 0 Å². The van der Waals surface area contributed by atoms with Crippen LogP contribution in [0.2, 0.25) is 5.02 Å². The zero-order valence-electron chi connectivity index (χ0n) is 21.7. The van der Waals surface area contributed by atoms with Gasteiger partial charge in [-0.15, -0.1) is 0 Å². The highest BCUT2D eigenvalue weighted by atomic mass is 35.5. The molecule has 1 aliphatic heterocycles. The second-order valence-corrected chi connectivity index (χ2v) is 9.23. The summed E-state index contributed by atoms with van der Waals surface area (Å²) in [4.78, 5) is 15.4. The molecule has 1 saturated carbocycles. The summed E-state index contributed by atoms with van der Waals surface area (Å²) in [5.41, 5.74) is 0.322. The van der Waals surface area contributed by atoms with E-state index in [2.05, 4.69) is 6.92 Å². The number of hydrogen-bond donors (Lipinski definition) is 0. The molecule has 2 fully saturated rings. The molecule has 0 radical (unpaired) electrons. The Kier molecular flexibility index (Phi) is 17.2. The highest BCUT2D eigenvalue weighted by molar-refractivity contribution is 6.31. The van der Waals surface area contributed by atoms with E-state index in [4.69, 9.17) is 11.6 Å². The van der Waals surface area contributed by atoms with Crippen LogP contribution in [-0.2, 0) is 11.2 Å². The van der Waals surface area contributed by atoms with Gasteiger partial charge in [-0.2, -0.15) is 13.2 Å². The molecule has 35 heavy (non-hydrogen) atoms. The smallest absolute Gasteiger partial charge is 0.330 e. The molecule has 3 rings (SSSR count). The van der Waals surface area contributed by atoms with Crippen molar-refractivity contribution in [3.8, 4) is 0 Å². The summed E-state index contributed by atoms with van der Waals surface area (Å²) in [6, 6.07) is 3.07. The monoisotopic (exact) mass is 528 g/mol. The highest BCUT2D eigenvalue weighted by Gasteiger charge is 2.37. The van der Waals surface area contributed by atoms with Crippen molar-refractivity contribution in [2.75, 3.05) is 33.9 Å². The van der Waals surface area contributed by atoms with Gasteiger partial charge < -0.3 is 9.80 Å². The fraction of sp³-hybridized carbons (Fsp3) is 0.731. The maximum Gasteiger partial charge on any atom is 0.406 e. The van der Waals surface area contributed by atoms with Gasteiger partial charge in [-0.1, -0.05) is 70.5 Å². The van der Waals surface area contributed by atoms with E-state index >= 15 is 0 Å². The van der Waals surface area contributed by atoms with Gasteiger partial charge in [0, 0.05) is 11.1 Å². The average Bonchev–Trinajstić information content (AvgIpc) is 2.83. The zero-order valence-corrected chi connectivity index (χ0v) is 22.5. The molecule has 204 valence electrons. The quantitative estimate of drug-likeness (QED) is 0.374. The molecule has 1 amide bonds. The molecule has 0 aromatic heterocycles. The van der Waals surface area contributed by atoms with Crippen molar-refractivity contribution in [1.82, 2.24) is 9.80 Å². The van der Waals surface area contributed by atoms with Gasteiger partial charge in [0.1, 0.15) is 12.4 Å². The number of carbonyl (C=O) groups excluding carboxylic acids is 1. The first-order valence-corrected chi connectivity index (χ1v) is 12.8. The molecule has 0 bridgehead atoms. The molecule has 1 aromatic rings. The molecular weight excluding hydrogens is 487 g/mol. The van der Waals surface area contributed by atoms with Crippen LogP contribution >= 0.6 is 11.6 Å². The van der Waals surface area contributed by atoms with Crippen LogP contribution in [0.1, 0.15) is 71.3 Å². The summed E-state index contributed by atoms with van der Waals surface area (Å²) in [5, 5.41) is 0.0405. The van der Waals surface area contributed by atoms with E-state index < -0.39 is 30.5 Å². The van der Waals surface area contributed by atoms with Gasteiger partial charge in [0.05, 0.1) is 13.6 Å². The topological polar surface area (TPSA) is 23.6 Å². The SMILES string of the molecule is CC.CC1CCCCC1.CF.CN1CCC(N(CC(F)(F)F)C(=O)Cc2ccc(F)cc2Cl)CC1. The number of carbonyl (C=O) groups is 1. The minimum absolute atomic E-state index is 0.0405. The second-order valence-electron chi connectivity index (χ2n) is 8.83. The number of alkyl halides is 4. The maximum atomic E-state index is 13.1. The molecule has 0 N–H and O–H groups in total. The molecule has 3 nitrogen and oxygen atoms in total. The summed E-state index contributed by atoms with van der Waals surface area (Å²) in [6.07, 6.45) is 3.69. The molecule has 0 spiro atoms. The van der Waals surface area contributed by atoms with Gasteiger partial charge in [-0.25, -0.2) is 4.39 Å². The van der Waals surface area contributed by atoms with E-state index in [1.54, 1.807) is 0 Å². The van der Waals surface area contributed by atoms with Crippen molar-refractivity contribution in [2.24, 2.45) is 5.92 Å². The number of amides is 1. The van der Waals surface area contributed by atoms with Crippen molar-refractivity contribution < 1.29 is 26.7 Å². The van der Waals surface area contributed by atoms with Crippen molar-refractivity contribution in [1.29, 1.82) is 0 Å². The minimum atomic E-state index is -4.47. The zero-order chi connectivity index (χ0) is 27.0. The van der Waals surface area contributed by atoms with Gasteiger partial charge in [0.25, 0.3) is 0 Å². The normalized spacial score (nSPS) is 17.1. The Bertz CT molecular complexity index is 703. The third kappa shape index (κ3) is 14.0. The first kappa shape index (κ1) is 33.6. The van der Waals surface area contributed by atoms with Crippen molar-refractivity contribution >= 4 is 17.5 Å². The Morgan fingerprint density at radius 2 is 1.60 bits per heavy atom. The number of rotatable bonds is 4. The molecule has 0 unspecified atom stereocenters. The Morgan fingerprint density at radius 1 is 1.06 bits per heavy atom. The van der Waals surface area contributed by atoms with Crippen LogP contribution in [0.3, 0.4) is 0 Å². The standard InChI is InChI=1S/C16H19ClF4N2O.C7H14.C2H6.CH3F/c1-22-6-4-13(5-7-22)23(10-16(19,20)21)15(24)8-11-2-3-12(18)9-14(11)17;1-7-5-3-2-4-6-7;2*1-2/h2-3,9,13H,4-8,10H2,1H3;7H,2-6H2,1H3;1-2H3;1H3. The molecule has 2 aliphatic rings. The number of benzene rings is 1. The maximum absolute atomic E-state index is 13.1. The molecule has 1 aromatic carbocycles. The number of hydrogen-bond acceptors (Lipinski definition) is 2. The largest absolute Gasteiger partial charge is 0.406 e. The Morgan fingerprint density at radius 3 is 2.03 bits per heavy atom. The molecule has 1 saturated heterocycles. The number of likely N-dealkylation sites (tertiary alicyclic amines) is 1.